The van der Waals surface area contributed by atoms with Crippen LogP contribution in [0.15, 0.2) is 30.5 Å². The third-order valence-corrected chi connectivity index (χ3v) is 9.77. The van der Waals surface area contributed by atoms with E-state index in [-0.39, 0.29) is 17.7 Å². The van der Waals surface area contributed by atoms with Crippen LogP contribution < -0.4 is 10.1 Å². The van der Waals surface area contributed by atoms with Crippen molar-refractivity contribution < 1.29 is 28.2 Å². The number of alkyl carbamates (subject to hydrolysis) is 1. The van der Waals surface area contributed by atoms with Crippen LogP contribution in [0.25, 0.3) is 6.08 Å². The predicted molar refractivity (Wildman–Crippen MR) is 138 cm³/mol. The summed E-state index contributed by atoms with van der Waals surface area (Å²) < 4.78 is 22.4. The smallest absolute Gasteiger partial charge is 0.408 e. The lowest BCUT2D eigenvalue weighted by Gasteiger charge is -2.34. The van der Waals surface area contributed by atoms with Gasteiger partial charge in [0.15, 0.2) is 0 Å². The average Bonchev–Trinajstić information content (AvgIpc) is 2.65. The maximum absolute atomic E-state index is 12.6. The number of hydrogen-bond acceptors (Lipinski definition) is 6. The fourth-order valence-corrected chi connectivity index (χ4v) is 3.35. The van der Waals surface area contributed by atoms with Gasteiger partial charge in [0.05, 0.1) is 6.26 Å². The Morgan fingerprint density at radius 1 is 1.06 bits per heavy atom. The van der Waals surface area contributed by atoms with Crippen LogP contribution in [0.2, 0.25) is 18.1 Å². The second-order valence-electron chi connectivity index (χ2n) is 11.3. The van der Waals surface area contributed by atoms with Crippen molar-refractivity contribution in [2.45, 2.75) is 91.6 Å². The molecule has 0 spiro atoms. The van der Waals surface area contributed by atoms with E-state index in [0.717, 1.165) is 5.56 Å². The van der Waals surface area contributed by atoms with Gasteiger partial charge in [0, 0.05) is 5.56 Å². The monoisotopic (exact) mass is 493 g/mol. The standard InChI is InChI=1S/C26H43NO6Si/c1-19(2)17-21(27-24(29)33-25(3,4)5)23(28)31-18-30-22-14-12-11-13-20(22)15-16-32-34(9,10)26(6,7)8/h11-16,19,21H,17-18H2,1-10H3,(H,27,29)/b16-15-/t21-/m1/s1. The topological polar surface area (TPSA) is 83.1 Å². The number of hydrogen-bond donors (Lipinski definition) is 1. The summed E-state index contributed by atoms with van der Waals surface area (Å²) in [7, 11) is -1.91. The molecule has 1 rings (SSSR count). The molecule has 0 aliphatic heterocycles. The van der Waals surface area contributed by atoms with E-state index in [1.807, 2.05) is 38.1 Å². The predicted octanol–water partition coefficient (Wildman–Crippen LogP) is 6.50. The van der Waals surface area contributed by atoms with Gasteiger partial charge in [-0.3, -0.25) is 0 Å². The highest BCUT2D eigenvalue weighted by molar-refractivity contribution is 6.74. The van der Waals surface area contributed by atoms with Gasteiger partial charge in [-0.1, -0.05) is 52.8 Å². The molecule has 8 heteroatoms. The number of para-hydroxylation sites is 1. The van der Waals surface area contributed by atoms with Crippen LogP contribution >= 0.6 is 0 Å². The number of rotatable bonds is 10. The molecule has 1 aromatic rings. The summed E-state index contributed by atoms with van der Waals surface area (Å²) in [4.78, 5) is 24.8. The van der Waals surface area contributed by atoms with Crippen molar-refractivity contribution in [3.05, 3.63) is 36.1 Å². The zero-order valence-corrected chi connectivity index (χ0v) is 23.5. The minimum atomic E-state index is -1.91. The molecule has 0 radical (unpaired) electrons. The van der Waals surface area contributed by atoms with Crippen molar-refractivity contribution in [2.24, 2.45) is 5.92 Å². The molecule has 0 unspecified atom stereocenters. The van der Waals surface area contributed by atoms with Crippen LogP contribution in [0.4, 0.5) is 4.79 Å². The summed E-state index contributed by atoms with van der Waals surface area (Å²) in [6.45, 7) is 19.8. The van der Waals surface area contributed by atoms with Crippen LogP contribution in [0.5, 0.6) is 5.75 Å². The van der Waals surface area contributed by atoms with Gasteiger partial charge in [0.25, 0.3) is 0 Å². The molecule has 0 aliphatic carbocycles. The molecule has 0 aromatic heterocycles. The molecular weight excluding hydrogens is 450 g/mol. The van der Waals surface area contributed by atoms with Crippen molar-refractivity contribution >= 4 is 26.5 Å². The highest BCUT2D eigenvalue weighted by atomic mass is 28.4. The minimum Gasteiger partial charge on any atom is -0.549 e. The lowest BCUT2D eigenvalue weighted by molar-refractivity contribution is -0.153. The van der Waals surface area contributed by atoms with Gasteiger partial charge in [-0.2, -0.15) is 0 Å². The number of carbonyl (C=O) groups excluding carboxylic acids is 2. The molecule has 7 nitrogen and oxygen atoms in total. The van der Waals surface area contributed by atoms with E-state index < -0.39 is 32.0 Å². The number of nitrogens with one attached hydrogen (secondary N) is 1. The third kappa shape index (κ3) is 10.6. The first kappa shape index (κ1) is 29.5. The Hall–Kier alpha value is -2.48. The fourth-order valence-electron chi connectivity index (χ4n) is 2.59. The van der Waals surface area contributed by atoms with E-state index in [2.05, 4.69) is 39.2 Å². The second-order valence-corrected chi connectivity index (χ2v) is 16.0. The molecular formula is C26H43NO6Si. The number of esters is 1. The van der Waals surface area contributed by atoms with Crippen molar-refractivity contribution in [1.82, 2.24) is 5.32 Å². The lowest BCUT2D eigenvalue weighted by Crippen LogP contribution is -2.45. The molecule has 192 valence electrons. The number of amides is 1. The Morgan fingerprint density at radius 3 is 2.24 bits per heavy atom. The SMILES string of the molecule is CC(C)C[C@@H](NC(=O)OC(C)(C)C)C(=O)OCOc1ccccc1/C=C\O[Si](C)(C)C(C)(C)C. The summed E-state index contributed by atoms with van der Waals surface area (Å²) in [6.07, 6.45) is 3.33. The zero-order chi connectivity index (χ0) is 26.2. The molecule has 0 saturated carbocycles. The summed E-state index contributed by atoms with van der Waals surface area (Å²) in [5.74, 6) is 0.153. The molecule has 1 atom stereocenters. The zero-order valence-electron chi connectivity index (χ0n) is 22.5. The van der Waals surface area contributed by atoms with E-state index in [0.29, 0.717) is 12.2 Å². The van der Waals surface area contributed by atoms with E-state index in [1.54, 1.807) is 33.1 Å². The molecule has 34 heavy (non-hydrogen) atoms. The van der Waals surface area contributed by atoms with Crippen LogP contribution in [-0.4, -0.2) is 38.8 Å². The van der Waals surface area contributed by atoms with Crippen LogP contribution in [0.3, 0.4) is 0 Å². The molecule has 1 N–H and O–H groups in total. The summed E-state index contributed by atoms with van der Waals surface area (Å²) in [5, 5.41) is 2.70. The summed E-state index contributed by atoms with van der Waals surface area (Å²) in [5.41, 5.74) is 0.147. The van der Waals surface area contributed by atoms with E-state index in [4.69, 9.17) is 18.6 Å². The first-order valence-corrected chi connectivity index (χ1v) is 14.6. The molecule has 0 heterocycles. The van der Waals surface area contributed by atoms with Crippen molar-refractivity contribution in [3.8, 4) is 5.75 Å². The molecule has 0 saturated heterocycles. The fraction of sp³-hybridized carbons (Fsp3) is 0.615. The Balaban J connectivity index is 2.75. The van der Waals surface area contributed by atoms with Crippen molar-refractivity contribution in [2.75, 3.05) is 6.79 Å². The van der Waals surface area contributed by atoms with Crippen LogP contribution in [0, 0.1) is 5.92 Å². The van der Waals surface area contributed by atoms with Crippen LogP contribution in [-0.2, 0) is 18.7 Å². The molecule has 0 aliphatic rings. The van der Waals surface area contributed by atoms with Gasteiger partial charge in [0.2, 0.25) is 15.1 Å². The normalized spacial score (nSPS) is 13.5. The quantitative estimate of drug-likeness (QED) is 0.173. The minimum absolute atomic E-state index is 0.0986. The lowest BCUT2D eigenvalue weighted by atomic mass is 10.0. The largest absolute Gasteiger partial charge is 0.549 e. The third-order valence-electron chi connectivity index (χ3n) is 5.43. The highest BCUT2D eigenvalue weighted by Gasteiger charge is 2.38. The van der Waals surface area contributed by atoms with Crippen molar-refractivity contribution in [3.63, 3.8) is 0 Å². The van der Waals surface area contributed by atoms with E-state index in [9.17, 15) is 9.59 Å². The number of carbonyl (C=O) groups is 2. The Labute approximate surface area is 206 Å². The van der Waals surface area contributed by atoms with Crippen LogP contribution in [0.1, 0.15) is 67.4 Å². The van der Waals surface area contributed by atoms with Gasteiger partial charge < -0.3 is 24.0 Å². The van der Waals surface area contributed by atoms with Gasteiger partial charge >= 0.3 is 12.1 Å². The summed E-state index contributed by atoms with van der Waals surface area (Å²) in [6, 6.07) is 6.61. The second kappa shape index (κ2) is 12.3. The van der Waals surface area contributed by atoms with Gasteiger partial charge in [-0.05, 0) is 63.4 Å². The molecule has 0 bridgehead atoms. The number of benzene rings is 1. The first-order valence-electron chi connectivity index (χ1n) is 11.7. The molecule has 0 fully saturated rings. The first-order chi connectivity index (χ1) is 15.5. The van der Waals surface area contributed by atoms with E-state index >= 15 is 0 Å². The highest BCUT2D eigenvalue weighted by Crippen LogP contribution is 2.36. The van der Waals surface area contributed by atoms with E-state index in [1.165, 1.54) is 0 Å². The Kier molecular flexibility index (Phi) is 10.7. The maximum atomic E-state index is 12.6. The average molecular weight is 494 g/mol. The van der Waals surface area contributed by atoms with Gasteiger partial charge in [-0.15, -0.1) is 0 Å². The molecule has 1 aromatic carbocycles. The van der Waals surface area contributed by atoms with Gasteiger partial charge in [0.1, 0.15) is 17.4 Å². The Morgan fingerprint density at radius 2 is 1.68 bits per heavy atom. The van der Waals surface area contributed by atoms with Crippen molar-refractivity contribution in [1.29, 1.82) is 0 Å². The molecule has 1 amide bonds. The number of ether oxygens (including phenoxy) is 3. The summed E-state index contributed by atoms with van der Waals surface area (Å²) >= 11 is 0. The maximum Gasteiger partial charge on any atom is 0.408 e. The van der Waals surface area contributed by atoms with Gasteiger partial charge in [-0.25, -0.2) is 9.59 Å². The Bertz CT molecular complexity index is 836.